The second-order valence-corrected chi connectivity index (χ2v) is 5.87. The van der Waals surface area contributed by atoms with Crippen LogP contribution in [-0.2, 0) is 17.8 Å². The predicted molar refractivity (Wildman–Crippen MR) is 94.6 cm³/mol. The lowest BCUT2D eigenvalue weighted by Gasteiger charge is -2.06. The summed E-state index contributed by atoms with van der Waals surface area (Å²) in [5.41, 5.74) is 2.80. The van der Waals surface area contributed by atoms with Crippen LogP contribution in [0.25, 0.3) is 17.3 Å². The molecule has 7 nitrogen and oxygen atoms in total. The first-order chi connectivity index (χ1) is 13.2. The SMILES string of the molecule is COCc1c(-c2nnc(Cc3ccccc3)o2)nnn1-c1ccc(F)cc1. The summed E-state index contributed by atoms with van der Waals surface area (Å²) >= 11 is 0. The van der Waals surface area contributed by atoms with Gasteiger partial charge in [0.15, 0.2) is 5.69 Å². The summed E-state index contributed by atoms with van der Waals surface area (Å²) < 4.78 is 25.8. The monoisotopic (exact) mass is 365 g/mol. The molecular weight excluding hydrogens is 349 g/mol. The third-order valence-corrected chi connectivity index (χ3v) is 3.98. The first kappa shape index (κ1) is 17.0. The van der Waals surface area contributed by atoms with E-state index < -0.39 is 0 Å². The lowest BCUT2D eigenvalue weighted by Crippen LogP contribution is -2.04. The van der Waals surface area contributed by atoms with Gasteiger partial charge < -0.3 is 9.15 Å². The van der Waals surface area contributed by atoms with Crippen LogP contribution in [0.4, 0.5) is 4.39 Å². The molecule has 136 valence electrons. The van der Waals surface area contributed by atoms with Gasteiger partial charge in [-0.1, -0.05) is 35.5 Å². The molecule has 2 aromatic heterocycles. The second-order valence-electron chi connectivity index (χ2n) is 5.87. The van der Waals surface area contributed by atoms with Gasteiger partial charge in [0, 0.05) is 7.11 Å². The van der Waals surface area contributed by atoms with Gasteiger partial charge in [0.2, 0.25) is 5.89 Å². The fraction of sp³-hybridized carbons (Fsp3) is 0.158. The van der Waals surface area contributed by atoms with Crippen molar-refractivity contribution in [2.45, 2.75) is 13.0 Å². The number of aromatic nitrogens is 5. The first-order valence-corrected chi connectivity index (χ1v) is 8.30. The van der Waals surface area contributed by atoms with Crippen LogP contribution in [0.3, 0.4) is 0 Å². The Bertz CT molecular complexity index is 1030. The number of hydrogen-bond donors (Lipinski definition) is 0. The predicted octanol–water partition coefficient (Wildman–Crippen LogP) is 3.19. The highest BCUT2D eigenvalue weighted by atomic mass is 19.1. The van der Waals surface area contributed by atoms with Crippen LogP contribution in [0.1, 0.15) is 17.1 Å². The van der Waals surface area contributed by atoms with Crippen molar-refractivity contribution in [1.29, 1.82) is 0 Å². The van der Waals surface area contributed by atoms with E-state index in [1.54, 1.807) is 23.9 Å². The van der Waals surface area contributed by atoms with Gasteiger partial charge in [0.25, 0.3) is 5.89 Å². The van der Waals surface area contributed by atoms with E-state index in [9.17, 15) is 4.39 Å². The van der Waals surface area contributed by atoms with Crippen molar-refractivity contribution in [2.75, 3.05) is 7.11 Å². The van der Waals surface area contributed by atoms with Gasteiger partial charge in [-0.2, -0.15) is 0 Å². The summed E-state index contributed by atoms with van der Waals surface area (Å²) in [5.74, 6) is 0.423. The zero-order chi connectivity index (χ0) is 18.6. The number of hydrogen-bond acceptors (Lipinski definition) is 6. The summed E-state index contributed by atoms with van der Waals surface area (Å²) in [6, 6.07) is 15.8. The summed E-state index contributed by atoms with van der Waals surface area (Å²) in [6.45, 7) is 0.232. The molecule has 0 atom stereocenters. The number of benzene rings is 2. The van der Waals surface area contributed by atoms with Crippen molar-refractivity contribution < 1.29 is 13.5 Å². The summed E-state index contributed by atoms with van der Waals surface area (Å²) in [5, 5.41) is 16.5. The zero-order valence-electron chi connectivity index (χ0n) is 14.5. The molecule has 2 heterocycles. The lowest BCUT2D eigenvalue weighted by atomic mass is 10.2. The lowest BCUT2D eigenvalue weighted by molar-refractivity contribution is 0.179. The molecule has 0 bridgehead atoms. The van der Waals surface area contributed by atoms with Crippen LogP contribution < -0.4 is 0 Å². The molecule has 8 heteroatoms. The molecule has 0 unspecified atom stereocenters. The van der Waals surface area contributed by atoms with Crippen LogP contribution in [0.15, 0.2) is 59.0 Å². The molecule has 0 radical (unpaired) electrons. The van der Waals surface area contributed by atoms with E-state index in [-0.39, 0.29) is 18.3 Å². The molecule has 0 N–H and O–H groups in total. The molecule has 0 spiro atoms. The largest absolute Gasteiger partial charge is 0.419 e. The van der Waals surface area contributed by atoms with E-state index in [2.05, 4.69) is 20.5 Å². The normalized spacial score (nSPS) is 11.0. The zero-order valence-corrected chi connectivity index (χ0v) is 14.5. The molecule has 0 fully saturated rings. The van der Waals surface area contributed by atoms with Gasteiger partial charge in [-0.05, 0) is 29.8 Å². The topological polar surface area (TPSA) is 78.9 Å². The van der Waals surface area contributed by atoms with Crippen molar-refractivity contribution in [2.24, 2.45) is 0 Å². The highest BCUT2D eigenvalue weighted by Gasteiger charge is 2.21. The molecule has 4 rings (SSSR count). The number of rotatable bonds is 6. The Morgan fingerprint density at radius 2 is 1.78 bits per heavy atom. The van der Waals surface area contributed by atoms with Crippen molar-refractivity contribution in [3.05, 3.63) is 77.6 Å². The van der Waals surface area contributed by atoms with Gasteiger partial charge in [-0.15, -0.1) is 15.3 Å². The summed E-state index contributed by atoms with van der Waals surface area (Å²) in [4.78, 5) is 0. The number of nitrogens with zero attached hydrogens (tertiary/aromatic N) is 5. The second kappa shape index (κ2) is 7.46. The Morgan fingerprint density at radius 3 is 2.52 bits per heavy atom. The molecule has 0 aliphatic rings. The quantitative estimate of drug-likeness (QED) is 0.522. The van der Waals surface area contributed by atoms with E-state index in [1.165, 1.54) is 12.1 Å². The molecule has 4 aromatic rings. The summed E-state index contributed by atoms with van der Waals surface area (Å²) in [7, 11) is 1.57. The molecule has 0 amide bonds. The van der Waals surface area contributed by atoms with Gasteiger partial charge in [0.1, 0.15) is 11.5 Å². The third kappa shape index (κ3) is 3.61. The average molecular weight is 365 g/mol. The number of ether oxygens (including phenoxy) is 1. The van der Waals surface area contributed by atoms with Crippen LogP contribution in [0.2, 0.25) is 0 Å². The van der Waals surface area contributed by atoms with Gasteiger partial charge in [-0.3, -0.25) is 0 Å². The maximum Gasteiger partial charge on any atom is 0.270 e. The van der Waals surface area contributed by atoms with Crippen molar-refractivity contribution in [3.63, 3.8) is 0 Å². The van der Waals surface area contributed by atoms with E-state index in [0.717, 1.165) is 5.56 Å². The number of methoxy groups -OCH3 is 1. The summed E-state index contributed by atoms with van der Waals surface area (Å²) in [6.07, 6.45) is 0.527. The first-order valence-electron chi connectivity index (χ1n) is 8.30. The van der Waals surface area contributed by atoms with E-state index in [0.29, 0.717) is 29.4 Å². The molecule has 0 aliphatic carbocycles. The Labute approximate surface area is 154 Å². The minimum atomic E-state index is -0.324. The minimum Gasteiger partial charge on any atom is -0.419 e. The molecule has 2 aromatic carbocycles. The third-order valence-electron chi connectivity index (χ3n) is 3.98. The smallest absolute Gasteiger partial charge is 0.270 e. The van der Waals surface area contributed by atoms with Crippen LogP contribution in [0.5, 0.6) is 0 Å². The minimum absolute atomic E-state index is 0.232. The highest BCUT2D eigenvalue weighted by Crippen LogP contribution is 2.24. The highest BCUT2D eigenvalue weighted by molar-refractivity contribution is 5.51. The Hall–Kier alpha value is -3.39. The van der Waals surface area contributed by atoms with Crippen molar-refractivity contribution in [1.82, 2.24) is 25.2 Å². The van der Waals surface area contributed by atoms with Gasteiger partial charge >= 0.3 is 0 Å². The molecule has 0 saturated heterocycles. The number of halogens is 1. The van der Waals surface area contributed by atoms with Gasteiger partial charge in [0.05, 0.1) is 18.7 Å². The van der Waals surface area contributed by atoms with Crippen LogP contribution >= 0.6 is 0 Å². The van der Waals surface area contributed by atoms with Crippen molar-refractivity contribution >= 4 is 0 Å². The van der Waals surface area contributed by atoms with E-state index in [1.807, 2.05) is 30.3 Å². The van der Waals surface area contributed by atoms with E-state index in [4.69, 9.17) is 9.15 Å². The Kier molecular flexibility index (Phi) is 4.71. The molecular formula is C19H16FN5O2. The van der Waals surface area contributed by atoms with E-state index >= 15 is 0 Å². The molecule has 27 heavy (non-hydrogen) atoms. The average Bonchev–Trinajstić information content (AvgIpc) is 3.31. The fourth-order valence-electron chi connectivity index (χ4n) is 2.71. The molecule has 0 aliphatic heterocycles. The maximum absolute atomic E-state index is 13.2. The maximum atomic E-state index is 13.2. The van der Waals surface area contributed by atoms with Crippen molar-refractivity contribution in [3.8, 4) is 17.3 Å². The molecule has 0 saturated carbocycles. The Balaban J connectivity index is 1.67. The van der Waals surface area contributed by atoms with Crippen LogP contribution in [-0.4, -0.2) is 32.3 Å². The Morgan fingerprint density at radius 1 is 1.00 bits per heavy atom. The standard InChI is InChI=1S/C19H16FN5O2/c1-26-12-16-18(22-24-25(16)15-9-7-14(20)8-10-15)19-23-21-17(27-19)11-13-5-3-2-4-6-13/h2-10H,11-12H2,1H3. The van der Waals surface area contributed by atoms with Gasteiger partial charge in [-0.25, -0.2) is 9.07 Å². The fourth-order valence-corrected chi connectivity index (χ4v) is 2.71. The van der Waals surface area contributed by atoms with Crippen LogP contribution in [0, 0.1) is 5.82 Å².